The fourth-order valence-electron chi connectivity index (χ4n) is 2.81. The Labute approximate surface area is 171 Å². The topological polar surface area (TPSA) is 105 Å². The highest BCUT2D eigenvalue weighted by molar-refractivity contribution is 7.89. The minimum absolute atomic E-state index is 0.0253. The molecule has 0 aromatic heterocycles. The molecule has 1 atom stereocenters. The number of carbonyl (C=O) groups is 2. The van der Waals surface area contributed by atoms with Crippen molar-refractivity contribution in [2.24, 2.45) is 0 Å². The average molecular weight is 439 g/mol. The van der Waals surface area contributed by atoms with E-state index in [-0.39, 0.29) is 31.1 Å². The first-order valence-corrected chi connectivity index (χ1v) is 10.4. The molecule has 160 valence electrons. The van der Waals surface area contributed by atoms with Crippen LogP contribution in [-0.2, 0) is 30.9 Å². The number of nitrogens with one attached hydrogen (secondary N) is 2. The van der Waals surface area contributed by atoms with Gasteiger partial charge in [-0.15, -0.1) is 0 Å². The van der Waals surface area contributed by atoms with Gasteiger partial charge < -0.3 is 15.4 Å². The largest absolute Gasteiger partial charge is 0.359 e. The lowest BCUT2D eigenvalue weighted by Gasteiger charge is -2.22. The lowest BCUT2D eigenvalue weighted by atomic mass is 10.2. The molecule has 11 heteroatoms. The van der Waals surface area contributed by atoms with E-state index in [1.165, 1.54) is 24.3 Å². The fraction of sp³-hybridized carbons (Fsp3) is 0.263. The number of hydrogen-bond acceptors (Lipinski definition) is 5. The molecule has 0 saturated carbocycles. The second kappa shape index (κ2) is 9.28. The summed E-state index contributed by atoms with van der Waals surface area (Å²) in [6.07, 6.45) is -1.01. The van der Waals surface area contributed by atoms with Gasteiger partial charge in [-0.05, 0) is 42.0 Å². The highest BCUT2D eigenvalue weighted by Crippen LogP contribution is 2.22. The minimum atomic E-state index is -3.96. The number of rotatable bonds is 6. The van der Waals surface area contributed by atoms with E-state index in [2.05, 4.69) is 10.6 Å². The standard InChI is InChI=1S/C19H19F2N3O5S/c20-14-3-1-13(2-4-14)11-22-18(25)19(26)23-12-17-24(9-10-29-17)30(27,28)16-7-5-15(21)6-8-16/h1-8,17H,9-12H2,(H,22,25)(H,23,26). The molecule has 2 aromatic rings. The van der Waals surface area contributed by atoms with E-state index >= 15 is 0 Å². The van der Waals surface area contributed by atoms with Gasteiger partial charge in [0, 0.05) is 13.1 Å². The summed E-state index contributed by atoms with van der Waals surface area (Å²) in [6, 6.07) is 9.75. The molecule has 1 aliphatic heterocycles. The van der Waals surface area contributed by atoms with Crippen LogP contribution in [0, 0.1) is 11.6 Å². The Balaban J connectivity index is 1.54. The Kier molecular flexibility index (Phi) is 6.75. The van der Waals surface area contributed by atoms with Crippen molar-refractivity contribution in [2.45, 2.75) is 17.7 Å². The van der Waals surface area contributed by atoms with Gasteiger partial charge in [-0.1, -0.05) is 12.1 Å². The van der Waals surface area contributed by atoms with E-state index in [1.54, 1.807) is 0 Å². The van der Waals surface area contributed by atoms with Gasteiger partial charge in [0.2, 0.25) is 10.0 Å². The quantitative estimate of drug-likeness (QED) is 0.647. The summed E-state index contributed by atoms with van der Waals surface area (Å²) in [4.78, 5) is 23.8. The van der Waals surface area contributed by atoms with E-state index in [0.29, 0.717) is 5.56 Å². The third-order valence-corrected chi connectivity index (χ3v) is 6.28. The molecule has 2 aromatic carbocycles. The van der Waals surface area contributed by atoms with Gasteiger partial charge in [0.25, 0.3) is 0 Å². The molecule has 3 rings (SSSR count). The van der Waals surface area contributed by atoms with E-state index in [9.17, 15) is 26.8 Å². The lowest BCUT2D eigenvalue weighted by molar-refractivity contribution is -0.139. The average Bonchev–Trinajstić information content (AvgIpc) is 3.21. The molecule has 1 heterocycles. The summed E-state index contributed by atoms with van der Waals surface area (Å²) in [7, 11) is -3.96. The molecule has 0 aliphatic carbocycles. The van der Waals surface area contributed by atoms with Crippen molar-refractivity contribution in [3.8, 4) is 0 Å². The van der Waals surface area contributed by atoms with Gasteiger partial charge in [0.05, 0.1) is 18.0 Å². The maximum absolute atomic E-state index is 13.1. The van der Waals surface area contributed by atoms with Crippen LogP contribution in [0.1, 0.15) is 5.56 Å². The van der Waals surface area contributed by atoms with E-state index in [1.807, 2.05) is 0 Å². The highest BCUT2D eigenvalue weighted by atomic mass is 32.2. The highest BCUT2D eigenvalue weighted by Gasteiger charge is 2.36. The Morgan fingerprint density at radius 3 is 2.17 bits per heavy atom. The molecule has 1 saturated heterocycles. The Morgan fingerprint density at radius 2 is 1.53 bits per heavy atom. The number of hydrogen-bond donors (Lipinski definition) is 2. The molecule has 2 N–H and O–H groups in total. The van der Waals surface area contributed by atoms with Crippen molar-refractivity contribution in [3.63, 3.8) is 0 Å². The minimum Gasteiger partial charge on any atom is -0.359 e. The van der Waals surface area contributed by atoms with Crippen molar-refractivity contribution in [2.75, 3.05) is 19.7 Å². The molecule has 0 spiro atoms. The third kappa shape index (κ3) is 5.17. The van der Waals surface area contributed by atoms with Gasteiger partial charge >= 0.3 is 11.8 Å². The number of halogens is 2. The normalized spacial score (nSPS) is 16.9. The summed E-state index contributed by atoms with van der Waals surface area (Å²) in [5, 5.41) is 4.71. The monoisotopic (exact) mass is 439 g/mol. The summed E-state index contributed by atoms with van der Waals surface area (Å²) in [5.41, 5.74) is 0.605. The van der Waals surface area contributed by atoms with Crippen molar-refractivity contribution >= 4 is 21.8 Å². The third-order valence-electron chi connectivity index (χ3n) is 4.37. The van der Waals surface area contributed by atoms with Crippen LogP contribution in [0.3, 0.4) is 0 Å². The molecule has 1 fully saturated rings. The van der Waals surface area contributed by atoms with Gasteiger partial charge in [0.15, 0.2) is 0 Å². The van der Waals surface area contributed by atoms with Gasteiger partial charge in [0.1, 0.15) is 17.9 Å². The number of carbonyl (C=O) groups excluding carboxylic acids is 2. The number of sulfonamides is 1. The maximum atomic E-state index is 13.1. The second-order valence-corrected chi connectivity index (χ2v) is 8.30. The first kappa shape index (κ1) is 21.8. The van der Waals surface area contributed by atoms with Gasteiger partial charge in [-0.25, -0.2) is 17.2 Å². The SMILES string of the molecule is O=C(NCc1ccc(F)cc1)C(=O)NCC1OCCN1S(=O)(=O)c1ccc(F)cc1. The van der Waals surface area contributed by atoms with Crippen LogP contribution in [0.15, 0.2) is 53.4 Å². The fourth-order valence-corrected chi connectivity index (χ4v) is 4.32. The molecule has 30 heavy (non-hydrogen) atoms. The zero-order valence-corrected chi connectivity index (χ0v) is 16.5. The molecule has 0 radical (unpaired) electrons. The van der Waals surface area contributed by atoms with Crippen molar-refractivity contribution in [1.29, 1.82) is 0 Å². The van der Waals surface area contributed by atoms with E-state index in [0.717, 1.165) is 28.6 Å². The first-order valence-electron chi connectivity index (χ1n) is 8.97. The van der Waals surface area contributed by atoms with E-state index < -0.39 is 39.7 Å². The zero-order valence-electron chi connectivity index (χ0n) is 15.7. The molecule has 0 bridgehead atoms. The number of amides is 2. The summed E-state index contributed by atoms with van der Waals surface area (Å²) in [6.45, 7) is -0.0600. The maximum Gasteiger partial charge on any atom is 0.309 e. The van der Waals surface area contributed by atoms with Crippen molar-refractivity contribution < 1.29 is 31.5 Å². The van der Waals surface area contributed by atoms with Crippen LogP contribution < -0.4 is 10.6 Å². The predicted octanol–water partition coefficient (Wildman–Crippen LogP) is 0.744. The molecular weight excluding hydrogens is 420 g/mol. The van der Waals surface area contributed by atoms with Crippen LogP contribution in [0.25, 0.3) is 0 Å². The van der Waals surface area contributed by atoms with E-state index in [4.69, 9.17) is 4.74 Å². The molecule has 1 aliphatic rings. The van der Waals surface area contributed by atoms with Crippen LogP contribution in [0.4, 0.5) is 8.78 Å². The number of benzene rings is 2. The Bertz CT molecular complexity index is 1010. The molecule has 8 nitrogen and oxygen atoms in total. The summed E-state index contributed by atoms with van der Waals surface area (Å²) in [5.74, 6) is -2.88. The second-order valence-electron chi connectivity index (χ2n) is 6.41. The van der Waals surface area contributed by atoms with Crippen molar-refractivity contribution in [1.82, 2.24) is 14.9 Å². The predicted molar refractivity (Wildman–Crippen MR) is 101 cm³/mol. The van der Waals surface area contributed by atoms with Crippen molar-refractivity contribution in [3.05, 3.63) is 65.7 Å². The Hall–Kier alpha value is -2.89. The molecule has 2 amide bonds. The van der Waals surface area contributed by atoms with Crippen LogP contribution in [0.2, 0.25) is 0 Å². The van der Waals surface area contributed by atoms with Crippen LogP contribution in [0.5, 0.6) is 0 Å². The first-order chi connectivity index (χ1) is 14.3. The molecular formula is C19H19F2N3O5S. The molecule has 1 unspecified atom stereocenters. The number of nitrogens with zero attached hydrogens (tertiary/aromatic N) is 1. The zero-order chi connectivity index (χ0) is 21.7. The Morgan fingerprint density at radius 1 is 0.967 bits per heavy atom. The van der Waals surface area contributed by atoms with Crippen LogP contribution in [-0.4, -0.2) is 50.5 Å². The van der Waals surface area contributed by atoms with Gasteiger partial charge in [-0.2, -0.15) is 4.31 Å². The number of ether oxygens (including phenoxy) is 1. The van der Waals surface area contributed by atoms with Gasteiger partial charge in [-0.3, -0.25) is 9.59 Å². The summed E-state index contributed by atoms with van der Waals surface area (Å²) < 4.78 is 57.8. The summed E-state index contributed by atoms with van der Waals surface area (Å²) >= 11 is 0. The van der Waals surface area contributed by atoms with Crippen LogP contribution >= 0.6 is 0 Å². The smallest absolute Gasteiger partial charge is 0.309 e. The lowest BCUT2D eigenvalue weighted by Crippen LogP contribution is -2.47.